The van der Waals surface area contributed by atoms with Crippen molar-refractivity contribution in [3.8, 4) is 0 Å². The van der Waals surface area contributed by atoms with Crippen LogP contribution in [-0.4, -0.2) is 6.54 Å². The van der Waals surface area contributed by atoms with Crippen LogP contribution in [0.25, 0.3) is 0 Å². The molecule has 0 atom stereocenters. The average Bonchev–Trinajstić information content (AvgIpc) is 2.57. The number of rotatable bonds is 3. The minimum atomic E-state index is 0.855. The van der Waals surface area contributed by atoms with Gasteiger partial charge in [-0.3, -0.25) is 0 Å². The van der Waals surface area contributed by atoms with Crippen LogP contribution in [0.3, 0.4) is 0 Å². The Labute approximate surface area is 68.4 Å². The molecular weight excluding hydrogens is 138 g/mol. The standard InChI is InChI=1S/C5H13N.C4H4O/c1-2-3-4-5-6;1-2-4-5-3-1/h2-6H2,1H3;1-4H. The van der Waals surface area contributed by atoms with E-state index in [-0.39, 0.29) is 0 Å². The maximum Gasteiger partial charge on any atom is 0.0902 e. The molecule has 2 N–H and O–H groups in total. The quantitative estimate of drug-likeness (QED) is 0.681. The summed E-state index contributed by atoms with van der Waals surface area (Å²) in [4.78, 5) is 0. The highest BCUT2D eigenvalue weighted by Gasteiger charge is 1.75. The van der Waals surface area contributed by atoms with Gasteiger partial charge >= 0.3 is 0 Å². The van der Waals surface area contributed by atoms with Crippen molar-refractivity contribution >= 4 is 0 Å². The molecule has 0 bridgehead atoms. The van der Waals surface area contributed by atoms with Crippen LogP contribution in [0.5, 0.6) is 0 Å². The predicted molar refractivity (Wildman–Crippen MR) is 47.3 cm³/mol. The fraction of sp³-hybridized carbons (Fsp3) is 0.556. The van der Waals surface area contributed by atoms with E-state index in [0.29, 0.717) is 0 Å². The normalized spacial score (nSPS) is 8.55. The van der Waals surface area contributed by atoms with E-state index in [1.54, 1.807) is 12.5 Å². The second-order valence-electron chi connectivity index (χ2n) is 2.29. The topological polar surface area (TPSA) is 39.2 Å². The number of unbranched alkanes of at least 4 members (excludes halogenated alkanes) is 2. The van der Waals surface area contributed by atoms with Gasteiger partial charge in [-0.25, -0.2) is 0 Å². The van der Waals surface area contributed by atoms with E-state index in [4.69, 9.17) is 5.73 Å². The summed E-state index contributed by atoms with van der Waals surface area (Å²) in [5.74, 6) is 0. The van der Waals surface area contributed by atoms with Crippen LogP contribution in [0, 0.1) is 0 Å². The number of hydrogen-bond donors (Lipinski definition) is 1. The smallest absolute Gasteiger partial charge is 0.0902 e. The lowest BCUT2D eigenvalue weighted by molar-refractivity contribution is 0.567. The molecule has 0 saturated carbocycles. The summed E-state index contributed by atoms with van der Waals surface area (Å²) >= 11 is 0. The molecule has 0 aromatic carbocycles. The fourth-order valence-corrected chi connectivity index (χ4v) is 0.621. The summed E-state index contributed by atoms with van der Waals surface area (Å²) in [6.07, 6.45) is 7.00. The van der Waals surface area contributed by atoms with E-state index in [2.05, 4.69) is 11.3 Å². The minimum absolute atomic E-state index is 0.855. The first kappa shape index (κ1) is 10.2. The van der Waals surface area contributed by atoms with Gasteiger partial charge < -0.3 is 10.2 Å². The molecule has 1 heterocycles. The molecule has 0 radical (unpaired) electrons. The molecule has 0 saturated heterocycles. The van der Waals surface area contributed by atoms with E-state index in [9.17, 15) is 0 Å². The summed E-state index contributed by atoms with van der Waals surface area (Å²) in [7, 11) is 0. The Morgan fingerprint density at radius 2 is 1.82 bits per heavy atom. The maximum absolute atomic E-state index is 5.21. The van der Waals surface area contributed by atoms with Crippen molar-refractivity contribution in [2.24, 2.45) is 5.73 Å². The zero-order valence-electron chi connectivity index (χ0n) is 7.12. The monoisotopic (exact) mass is 155 g/mol. The van der Waals surface area contributed by atoms with Crippen molar-refractivity contribution in [3.63, 3.8) is 0 Å². The highest BCUT2D eigenvalue weighted by Crippen LogP contribution is 1.88. The molecule has 64 valence electrons. The lowest BCUT2D eigenvalue weighted by atomic mass is 10.3. The molecule has 1 aromatic heterocycles. The summed E-state index contributed by atoms with van der Waals surface area (Å²) in [6.45, 7) is 3.03. The largest absolute Gasteiger partial charge is 0.473 e. The Morgan fingerprint density at radius 3 is 2.00 bits per heavy atom. The Morgan fingerprint density at radius 1 is 1.18 bits per heavy atom. The second kappa shape index (κ2) is 9.24. The van der Waals surface area contributed by atoms with Crippen LogP contribution in [-0.2, 0) is 0 Å². The van der Waals surface area contributed by atoms with Gasteiger partial charge in [-0.1, -0.05) is 19.8 Å². The molecule has 0 unspecified atom stereocenters. The van der Waals surface area contributed by atoms with Crippen LogP contribution < -0.4 is 5.73 Å². The number of hydrogen-bond acceptors (Lipinski definition) is 2. The SMILES string of the molecule is CCCCCN.c1ccoc1. The van der Waals surface area contributed by atoms with E-state index in [0.717, 1.165) is 6.54 Å². The molecule has 1 aromatic rings. The van der Waals surface area contributed by atoms with E-state index < -0.39 is 0 Å². The lowest BCUT2D eigenvalue weighted by Gasteiger charge is -1.86. The predicted octanol–water partition coefficient (Wildman–Crippen LogP) is 2.41. The van der Waals surface area contributed by atoms with Crippen LogP contribution in [0.15, 0.2) is 29.1 Å². The molecule has 0 spiro atoms. The van der Waals surface area contributed by atoms with Crippen molar-refractivity contribution in [2.45, 2.75) is 26.2 Å². The summed E-state index contributed by atoms with van der Waals surface area (Å²) in [5.41, 5.74) is 5.21. The van der Waals surface area contributed by atoms with Crippen LogP contribution in [0.1, 0.15) is 26.2 Å². The Balaban J connectivity index is 0.000000183. The molecule has 1 rings (SSSR count). The van der Waals surface area contributed by atoms with Gasteiger partial charge in [0.25, 0.3) is 0 Å². The van der Waals surface area contributed by atoms with Gasteiger partial charge in [-0.15, -0.1) is 0 Å². The molecule has 11 heavy (non-hydrogen) atoms. The summed E-state index contributed by atoms with van der Waals surface area (Å²) in [5, 5.41) is 0. The van der Waals surface area contributed by atoms with E-state index >= 15 is 0 Å². The van der Waals surface area contributed by atoms with Gasteiger partial charge in [0, 0.05) is 0 Å². The van der Waals surface area contributed by atoms with Gasteiger partial charge in [0.05, 0.1) is 12.5 Å². The molecular formula is C9H17NO. The number of furan rings is 1. The highest BCUT2D eigenvalue weighted by molar-refractivity contribution is 4.79. The summed E-state index contributed by atoms with van der Waals surface area (Å²) in [6, 6.07) is 3.67. The third-order valence-corrected chi connectivity index (χ3v) is 1.23. The zero-order chi connectivity index (χ0) is 8.36. The van der Waals surface area contributed by atoms with Crippen molar-refractivity contribution in [1.29, 1.82) is 0 Å². The van der Waals surface area contributed by atoms with Crippen LogP contribution >= 0.6 is 0 Å². The first-order valence-electron chi connectivity index (χ1n) is 4.09. The second-order valence-corrected chi connectivity index (χ2v) is 2.29. The van der Waals surface area contributed by atoms with Gasteiger partial charge in [-0.05, 0) is 25.1 Å². The molecule has 2 heteroatoms. The summed E-state index contributed by atoms with van der Waals surface area (Å²) < 4.78 is 4.58. The van der Waals surface area contributed by atoms with E-state index in [1.165, 1.54) is 19.3 Å². The van der Waals surface area contributed by atoms with Crippen molar-refractivity contribution in [1.82, 2.24) is 0 Å². The molecule has 0 aliphatic carbocycles. The van der Waals surface area contributed by atoms with Crippen molar-refractivity contribution in [3.05, 3.63) is 24.7 Å². The van der Waals surface area contributed by atoms with Gasteiger partial charge in [0.15, 0.2) is 0 Å². The Bertz CT molecular complexity index is 105. The van der Waals surface area contributed by atoms with Crippen molar-refractivity contribution < 1.29 is 4.42 Å². The highest BCUT2D eigenvalue weighted by atomic mass is 16.3. The Kier molecular flexibility index (Phi) is 8.60. The maximum atomic E-state index is 5.21. The molecule has 2 nitrogen and oxygen atoms in total. The first-order valence-corrected chi connectivity index (χ1v) is 4.09. The Hall–Kier alpha value is -0.760. The number of nitrogens with two attached hydrogens (primary N) is 1. The molecule has 0 aliphatic rings. The zero-order valence-corrected chi connectivity index (χ0v) is 7.12. The molecule has 0 aliphatic heterocycles. The van der Waals surface area contributed by atoms with E-state index in [1.807, 2.05) is 12.1 Å². The van der Waals surface area contributed by atoms with Crippen LogP contribution in [0.2, 0.25) is 0 Å². The molecule has 0 fully saturated rings. The van der Waals surface area contributed by atoms with Gasteiger partial charge in [0.1, 0.15) is 0 Å². The average molecular weight is 155 g/mol. The fourth-order valence-electron chi connectivity index (χ4n) is 0.621. The third-order valence-electron chi connectivity index (χ3n) is 1.23. The minimum Gasteiger partial charge on any atom is -0.473 e. The first-order chi connectivity index (χ1) is 5.41. The molecule has 0 amide bonds. The third kappa shape index (κ3) is 9.24. The van der Waals surface area contributed by atoms with Crippen molar-refractivity contribution in [2.75, 3.05) is 6.54 Å². The van der Waals surface area contributed by atoms with Gasteiger partial charge in [-0.2, -0.15) is 0 Å². The van der Waals surface area contributed by atoms with Crippen LogP contribution in [0.4, 0.5) is 0 Å². The lowest BCUT2D eigenvalue weighted by Crippen LogP contribution is -1.96. The van der Waals surface area contributed by atoms with Gasteiger partial charge in [0.2, 0.25) is 0 Å².